The first-order valence-corrected chi connectivity index (χ1v) is 25.3. The summed E-state index contributed by atoms with van der Waals surface area (Å²) >= 11 is 0. The molecule has 0 bridgehead atoms. The van der Waals surface area contributed by atoms with E-state index in [-0.39, 0.29) is 0 Å². The summed E-state index contributed by atoms with van der Waals surface area (Å²) < 4.78 is 13.6. The van der Waals surface area contributed by atoms with Crippen molar-refractivity contribution in [3.63, 3.8) is 0 Å². The number of hydrogen-bond donors (Lipinski definition) is 0. The molecule has 0 radical (unpaired) electrons. The van der Waals surface area contributed by atoms with Gasteiger partial charge in [0.15, 0.2) is 11.2 Å². The molecule has 0 amide bonds. The van der Waals surface area contributed by atoms with Gasteiger partial charge in [0.1, 0.15) is 11.2 Å². The Bertz CT molecular complexity index is 4210. The van der Waals surface area contributed by atoms with E-state index < -0.39 is 0 Å². The van der Waals surface area contributed by atoms with Crippen LogP contribution in [0.1, 0.15) is 11.1 Å². The first kappa shape index (κ1) is 43.2. The van der Waals surface area contributed by atoms with Crippen LogP contribution in [0.4, 0.5) is 34.1 Å². The van der Waals surface area contributed by atoms with Crippen LogP contribution in [0.2, 0.25) is 0 Å². The largest absolute Gasteiger partial charge is 0.454 e. The smallest absolute Gasteiger partial charge is 0.159 e. The van der Waals surface area contributed by atoms with Gasteiger partial charge in [-0.15, -0.1) is 0 Å². The molecule has 14 aromatic rings. The third kappa shape index (κ3) is 7.22. The van der Waals surface area contributed by atoms with Crippen molar-refractivity contribution in [1.82, 2.24) is 0 Å². The average Bonchev–Trinajstić information content (AvgIpc) is 4.04. The van der Waals surface area contributed by atoms with Crippen LogP contribution in [0.3, 0.4) is 0 Å². The highest BCUT2D eigenvalue weighted by Gasteiger charge is 2.26. The molecule has 12 aromatic carbocycles. The van der Waals surface area contributed by atoms with E-state index in [4.69, 9.17) is 8.83 Å². The summed E-state index contributed by atoms with van der Waals surface area (Å²) in [5.41, 5.74) is 18.7. The standard InChI is InChI=1S/C70H48N2O2/c1-45-41-51(37-39-61(45)71(65-29-15-25-59-57-23-9-13-31-67(57)73-69(59)65)63-27-11-7-21-55(63)53-35-33-47-17-3-5-19-49(47)43-53)52-38-40-62(46(2)42-52)72(66-30-16-26-60-58-24-10-14-32-68(58)74-70(60)66)64-28-12-8-22-56(64)54-36-34-48-18-4-6-20-50(48)44-54/h3-44H,1-2H3. The van der Waals surface area contributed by atoms with E-state index in [9.17, 15) is 0 Å². The number of rotatable bonds is 9. The number of fused-ring (bicyclic) bond motifs is 8. The van der Waals surface area contributed by atoms with Gasteiger partial charge in [-0.05, 0) is 142 Å². The molecule has 74 heavy (non-hydrogen) atoms. The van der Waals surface area contributed by atoms with Crippen molar-refractivity contribution < 1.29 is 8.83 Å². The summed E-state index contributed by atoms with van der Waals surface area (Å²) in [7, 11) is 0. The van der Waals surface area contributed by atoms with Crippen LogP contribution in [-0.4, -0.2) is 0 Å². The van der Waals surface area contributed by atoms with Crippen molar-refractivity contribution in [2.75, 3.05) is 9.80 Å². The lowest BCUT2D eigenvalue weighted by Crippen LogP contribution is -2.13. The van der Waals surface area contributed by atoms with E-state index in [0.29, 0.717) is 0 Å². The van der Waals surface area contributed by atoms with Gasteiger partial charge in [0.2, 0.25) is 0 Å². The van der Waals surface area contributed by atoms with Crippen molar-refractivity contribution in [3.8, 4) is 33.4 Å². The van der Waals surface area contributed by atoms with E-state index in [1.807, 2.05) is 12.1 Å². The maximum Gasteiger partial charge on any atom is 0.159 e. The zero-order valence-corrected chi connectivity index (χ0v) is 41.0. The van der Waals surface area contributed by atoms with Gasteiger partial charge < -0.3 is 18.6 Å². The van der Waals surface area contributed by atoms with Crippen molar-refractivity contribution in [2.45, 2.75) is 13.8 Å². The Kier molecular flexibility index (Phi) is 10.3. The lowest BCUT2D eigenvalue weighted by molar-refractivity contribution is 0.668. The van der Waals surface area contributed by atoms with Crippen LogP contribution in [0.5, 0.6) is 0 Å². The fourth-order valence-corrected chi connectivity index (χ4v) is 11.3. The van der Waals surface area contributed by atoms with Crippen molar-refractivity contribution >= 4 is 99.5 Å². The molecule has 0 aliphatic rings. The molecule has 14 rings (SSSR count). The summed E-state index contributed by atoms with van der Waals surface area (Å²) in [5, 5.41) is 9.21. The van der Waals surface area contributed by atoms with Gasteiger partial charge in [-0.25, -0.2) is 0 Å². The first-order chi connectivity index (χ1) is 36.5. The molecule has 0 aliphatic carbocycles. The Morgan fingerprint density at radius 2 is 0.622 bits per heavy atom. The van der Waals surface area contributed by atoms with E-state index in [1.54, 1.807) is 0 Å². The second-order valence-corrected chi connectivity index (χ2v) is 19.3. The molecule has 2 heterocycles. The molecule has 0 atom stereocenters. The highest BCUT2D eigenvalue weighted by molar-refractivity contribution is 6.12. The lowest BCUT2D eigenvalue weighted by Gasteiger charge is -2.30. The van der Waals surface area contributed by atoms with Crippen molar-refractivity contribution in [2.24, 2.45) is 0 Å². The van der Waals surface area contributed by atoms with Gasteiger partial charge in [0.05, 0.1) is 22.7 Å². The van der Waals surface area contributed by atoms with Crippen LogP contribution in [0, 0.1) is 13.8 Å². The van der Waals surface area contributed by atoms with Crippen LogP contribution in [0.25, 0.3) is 98.8 Å². The molecule has 0 fully saturated rings. The minimum atomic E-state index is 0.849. The van der Waals surface area contributed by atoms with Crippen molar-refractivity contribution in [1.29, 1.82) is 0 Å². The summed E-state index contributed by atoms with van der Waals surface area (Å²) in [6.07, 6.45) is 0. The van der Waals surface area contributed by atoms with Gasteiger partial charge in [-0.3, -0.25) is 0 Å². The van der Waals surface area contributed by atoms with Crippen molar-refractivity contribution in [3.05, 3.63) is 266 Å². The zero-order chi connectivity index (χ0) is 49.3. The summed E-state index contributed by atoms with van der Waals surface area (Å²) in [6, 6.07) is 91.6. The lowest BCUT2D eigenvalue weighted by atomic mass is 9.96. The Balaban J connectivity index is 0.912. The van der Waals surface area contributed by atoms with Gasteiger partial charge in [-0.1, -0.05) is 182 Å². The highest BCUT2D eigenvalue weighted by Crippen LogP contribution is 2.49. The molecule has 350 valence electrons. The number of nitrogens with zero attached hydrogens (tertiary/aromatic N) is 2. The average molecular weight is 949 g/mol. The number of furan rings is 2. The van der Waals surface area contributed by atoms with Gasteiger partial charge in [0, 0.05) is 44.0 Å². The molecular formula is C70H48N2O2. The number of anilines is 6. The molecule has 4 nitrogen and oxygen atoms in total. The normalized spacial score (nSPS) is 11.6. The second kappa shape index (κ2) is 17.6. The fraction of sp³-hybridized carbons (Fsp3) is 0.0286. The van der Waals surface area contributed by atoms with Gasteiger partial charge in [-0.2, -0.15) is 0 Å². The molecule has 4 heteroatoms. The predicted octanol–water partition coefficient (Wildman–Crippen LogP) is 20.3. The van der Waals surface area contributed by atoms with Gasteiger partial charge >= 0.3 is 0 Å². The minimum Gasteiger partial charge on any atom is -0.454 e. The van der Waals surface area contributed by atoms with Crippen LogP contribution < -0.4 is 9.80 Å². The topological polar surface area (TPSA) is 32.8 Å². The molecule has 0 N–H and O–H groups in total. The zero-order valence-electron chi connectivity index (χ0n) is 41.0. The number of para-hydroxylation sites is 6. The van der Waals surface area contributed by atoms with E-state index in [2.05, 4.69) is 266 Å². The third-order valence-electron chi connectivity index (χ3n) is 14.9. The Morgan fingerprint density at radius 1 is 0.257 bits per heavy atom. The van der Waals surface area contributed by atoms with E-state index >= 15 is 0 Å². The molecule has 0 unspecified atom stereocenters. The Labute approximate surface area is 429 Å². The molecule has 0 saturated carbocycles. The SMILES string of the molecule is Cc1cc(-c2ccc(N(c3ccccc3-c3ccc4ccccc4c3)c3cccc4c3oc3ccccc34)c(C)c2)ccc1N(c1ccccc1-c1ccc2ccccc2c1)c1cccc2c1oc1ccccc12. The molecule has 0 saturated heterocycles. The van der Waals surface area contributed by atoms with Crippen LogP contribution in [-0.2, 0) is 0 Å². The minimum absolute atomic E-state index is 0.849. The monoisotopic (exact) mass is 948 g/mol. The van der Waals surface area contributed by atoms with E-state index in [1.165, 1.54) is 21.5 Å². The molecule has 2 aromatic heterocycles. The number of benzene rings is 12. The quantitative estimate of drug-likeness (QED) is 0.144. The van der Waals surface area contributed by atoms with Crippen LogP contribution in [0.15, 0.2) is 264 Å². The third-order valence-corrected chi connectivity index (χ3v) is 14.9. The second-order valence-electron chi connectivity index (χ2n) is 19.3. The molecule has 0 spiro atoms. The molecule has 0 aliphatic heterocycles. The summed E-state index contributed by atoms with van der Waals surface area (Å²) in [6.45, 7) is 4.45. The number of aryl methyl sites for hydroxylation is 2. The Morgan fingerprint density at radius 3 is 1.08 bits per heavy atom. The van der Waals surface area contributed by atoms with Crippen LogP contribution >= 0.6 is 0 Å². The number of hydrogen-bond acceptors (Lipinski definition) is 4. The van der Waals surface area contributed by atoms with Gasteiger partial charge in [0.25, 0.3) is 0 Å². The predicted molar refractivity (Wildman–Crippen MR) is 311 cm³/mol. The highest BCUT2D eigenvalue weighted by atomic mass is 16.3. The summed E-state index contributed by atoms with van der Waals surface area (Å²) in [4.78, 5) is 4.79. The summed E-state index contributed by atoms with van der Waals surface area (Å²) in [5.74, 6) is 0. The molecular weight excluding hydrogens is 901 g/mol. The van der Waals surface area contributed by atoms with E-state index in [0.717, 1.165) is 123 Å². The maximum atomic E-state index is 6.79. The fourth-order valence-electron chi connectivity index (χ4n) is 11.3. The first-order valence-electron chi connectivity index (χ1n) is 25.3. The Hall–Kier alpha value is -9.64. The maximum absolute atomic E-state index is 6.79.